The topological polar surface area (TPSA) is 41.3 Å². The Labute approximate surface area is 452 Å². The summed E-state index contributed by atoms with van der Waals surface area (Å²) in [6.45, 7) is 16.0. The molecular formula is C69H55N5OPt. The SMILES string of the molecule is Cc1ccnc(-n2c3cc(Oc4cccc(-n5[c](=[Pt])n(-c6c(-c7ccccc7)cccc6-c6cc(C(C)(C)C)cc(C(C)(C)C)c6)c6ccccc65)c4)ccc3c3cc4c5cccc6c7ccccc7n(c4cc32)c65)c1. The zero-order chi connectivity index (χ0) is 51.8. The van der Waals surface area contributed by atoms with Gasteiger partial charge in [-0.2, -0.15) is 0 Å². The molecular weight excluding hydrogens is 1110 g/mol. The van der Waals surface area contributed by atoms with Gasteiger partial charge in [-0.1, -0.05) is 36.4 Å². The fraction of sp³-hybridized carbons (Fsp3) is 0.130. The van der Waals surface area contributed by atoms with E-state index in [1.165, 1.54) is 71.3 Å². The van der Waals surface area contributed by atoms with E-state index in [-0.39, 0.29) is 10.8 Å². The van der Waals surface area contributed by atoms with Crippen molar-refractivity contribution in [2.75, 3.05) is 0 Å². The number of benzene rings is 9. The number of hydrogen-bond donors (Lipinski definition) is 0. The summed E-state index contributed by atoms with van der Waals surface area (Å²) in [6, 6.07) is 73.1. The predicted molar refractivity (Wildman–Crippen MR) is 312 cm³/mol. The number of nitrogens with zero attached hydrogens (tertiary/aromatic N) is 5. The Kier molecular flexibility index (Phi) is 10.4. The van der Waals surface area contributed by atoms with E-state index in [2.05, 4.69) is 286 Å². The zero-order valence-electron chi connectivity index (χ0n) is 43.6. The Balaban J connectivity index is 0.927. The van der Waals surface area contributed by atoms with Crippen molar-refractivity contribution in [1.82, 2.24) is 23.1 Å². The molecule has 6 nitrogen and oxygen atoms in total. The van der Waals surface area contributed by atoms with Crippen LogP contribution in [0.1, 0.15) is 58.2 Å². The van der Waals surface area contributed by atoms with E-state index in [9.17, 15) is 0 Å². The normalized spacial score (nSPS) is 12.5. The molecule has 0 aliphatic carbocycles. The number of aryl methyl sites for hydroxylation is 1. The van der Waals surface area contributed by atoms with E-state index < -0.39 is 0 Å². The molecule has 9 aromatic carbocycles. The number of ether oxygens (including phenoxy) is 1. The van der Waals surface area contributed by atoms with Crippen LogP contribution in [0.15, 0.2) is 206 Å². The first-order valence-electron chi connectivity index (χ1n) is 26.2. The molecule has 5 heterocycles. The molecule has 0 aliphatic rings. The van der Waals surface area contributed by atoms with Crippen molar-refractivity contribution in [2.45, 2.75) is 59.3 Å². The quantitative estimate of drug-likeness (QED) is 0.160. The minimum Gasteiger partial charge on any atom is 0.0620 e. The number of imidazole rings is 1. The Morgan fingerprint density at radius 3 is 1.75 bits per heavy atom. The summed E-state index contributed by atoms with van der Waals surface area (Å²) in [5.41, 5.74) is 18.6. The maximum atomic E-state index is 6.98. The number of hydrogen-bond acceptors (Lipinski definition) is 2. The third-order valence-electron chi connectivity index (χ3n) is 15.5. The van der Waals surface area contributed by atoms with Gasteiger partial charge >= 0.3 is 346 Å². The van der Waals surface area contributed by atoms with Gasteiger partial charge in [0.05, 0.1) is 16.6 Å². The van der Waals surface area contributed by atoms with Crippen molar-refractivity contribution < 1.29 is 24.1 Å². The second kappa shape index (κ2) is 17.1. The van der Waals surface area contributed by atoms with Crippen LogP contribution in [-0.2, 0) is 30.2 Å². The van der Waals surface area contributed by atoms with Crippen molar-refractivity contribution in [3.8, 4) is 50.9 Å². The number of aromatic nitrogens is 5. The molecule has 0 aliphatic heterocycles. The van der Waals surface area contributed by atoms with Gasteiger partial charge < -0.3 is 4.40 Å². The molecule has 0 saturated heterocycles. The van der Waals surface area contributed by atoms with Crippen LogP contribution in [0.3, 0.4) is 0 Å². The van der Waals surface area contributed by atoms with Crippen molar-refractivity contribution >= 4 is 70.9 Å². The molecule has 0 saturated carbocycles. The standard InChI is InChI=1S/C69H55N5O.Pt/c1-43-32-33-70-65(34-43)73-62-39-50(30-31-54(62)57-40-58-56-26-17-25-55-53-22-11-12-27-59(53)74(67(55)56)64(58)41-63(57)73)75-49-21-15-20-48(38-49)71-42-72(61-29-14-13-28-60(61)71)66-51(44-18-9-8-10-19-44)23-16-24-52(66)45-35-46(68(2,3)4)37-47(36-45)69(5,6)7;/h8-41H,1-7H3;. The molecule has 0 bridgehead atoms. The fourth-order valence-electron chi connectivity index (χ4n) is 11.8. The Morgan fingerprint density at radius 2 is 1.01 bits per heavy atom. The molecule has 0 atom stereocenters. The minimum atomic E-state index is -0.0411. The molecule has 14 rings (SSSR count). The summed E-state index contributed by atoms with van der Waals surface area (Å²) < 4.78 is 17.6. The van der Waals surface area contributed by atoms with E-state index in [0.29, 0.717) is 0 Å². The summed E-state index contributed by atoms with van der Waals surface area (Å²) in [7, 11) is 0. The van der Waals surface area contributed by atoms with E-state index in [1.54, 1.807) is 0 Å². The zero-order valence-corrected chi connectivity index (χ0v) is 45.9. The average Bonchev–Trinajstić information content (AvgIpc) is 4.31. The third-order valence-corrected chi connectivity index (χ3v) is 16.6. The number of para-hydroxylation sites is 5. The van der Waals surface area contributed by atoms with Crippen LogP contribution in [0, 0.1) is 10.7 Å². The van der Waals surface area contributed by atoms with Crippen molar-refractivity contribution in [3.63, 3.8) is 0 Å². The maximum absolute atomic E-state index is 6.98. The third kappa shape index (κ3) is 7.25. The van der Waals surface area contributed by atoms with Gasteiger partial charge in [0.2, 0.25) is 0 Å². The van der Waals surface area contributed by atoms with Crippen LogP contribution in [0.25, 0.3) is 110 Å². The van der Waals surface area contributed by atoms with Gasteiger partial charge in [-0.15, -0.1) is 0 Å². The molecule has 76 heavy (non-hydrogen) atoms. The number of pyridine rings is 1. The van der Waals surface area contributed by atoms with Crippen LogP contribution in [0.2, 0.25) is 0 Å². The van der Waals surface area contributed by atoms with E-state index in [4.69, 9.17) is 9.72 Å². The smallest absolute Gasteiger partial charge is 0.0620 e. The Hall–Kier alpha value is -8.31. The van der Waals surface area contributed by atoms with Crippen LogP contribution < -0.4 is 4.74 Å². The van der Waals surface area contributed by atoms with Crippen LogP contribution in [0.5, 0.6) is 11.5 Å². The van der Waals surface area contributed by atoms with Crippen molar-refractivity contribution in [3.05, 3.63) is 227 Å². The first-order chi connectivity index (χ1) is 36.8. The van der Waals surface area contributed by atoms with Gasteiger partial charge in [0.15, 0.2) is 0 Å². The van der Waals surface area contributed by atoms with Gasteiger partial charge in [0.1, 0.15) is 0 Å². The Morgan fingerprint density at radius 1 is 0.421 bits per heavy atom. The summed E-state index contributed by atoms with van der Waals surface area (Å²) in [5.74, 6) is 2.35. The van der Waals surface area contributed by atoms with Crippen LogP contribution >= 0.6 is 0 Å². The number of rotatable bonds is 7. The molecule has 0 unspecified atom stereocenters. The second-order valence-electron chi connectivity index (χ2n) is 22.5. The molecule has 14 aromatic rings. The molecule has 5 aromatic heterocycles. The summed E-state index contributed by atoms with van der Waals surface area (Å²) >= 11 is 2.54. The van der Waals surface area contributed by atoms with Crippen LogP contribution in [0.4, 0.5) is 0 Å². The monoisotopic (exact) mass is 1160 g/mol. The molecule has 372 valence electrons. The molecule has 0 radical (unpaired) electrons. The van der Waals surface area contributed by atoms with Crippen molar-refractivity contribution in [1.29, 1.82) is 0 Å². The van der Waals surface area contributed by atoms with E-state index in [1.807, 2.05) is 6.20 Å². The Bertz CT molecular complexity index is 4700. The average molecular weight is 1170 g/mol. The molecule has 0 N–H and O–H groups in total. The van der Waals surface area contributed by atoms with E-state index >= 15 is 0 Å². The predicted octanol–water partition coefficient (Wildman–Crippen LogP) is 18.2. The van der Waals surface area contributed by atoms with E-state index in [0.717, 1.165) is 71.1 Å². The molecule has 0 spiro atoms. The molecule has 0 amide bonds. The van der Waals surface area contributed by atoms with Gasteiger partial charge in [-0.3, -0.25) is 0 Å². The first kappa shape index (κ1) is 46.2. The van der Waals surface area contributed by atoms with Crippen molar-refractivity contribution in [2.24, 2.45) is 0 Å². The molecule has 7 heteroatoms. The van der Waals surface area contributed by atoms with Gasteiger partial charge in [0.25, 0.3) is 0 Å². The summed E-state index contributed by atoms with van der Waals surface area (Å²) in [5, 5.41) is 7.37. The molecule has 0 fully saturated rings. The van der Waals surface area contributed by atoms with Crippen LogP contribution in [-0.4, -0.2) is 23.1 Å². The van der Waals surface area contributed by atoms with Gasteiger partial charge in [-0.05, 0) is 24.6 Å². The first-order valence-corrected chi connectivity index (χ1v) is 27.3. The summed E-state index contributed by atoms with van der Waals surface area (Å²) in [4.78, 5) is 4.99. The second-order valence-corrected chi connectivity index (χ2v) is 23.5. The van der Waals surface area contributed by atoms with Gasteiger partial charge in [-0.25, -0.2) is 0 Å². The fourth-order valence-corrected chi connectivity index (χ4v) is 12.9. The minimum absolute atomic E-state index is 0.0411. The summed E-state index contributed by atoms with van der Waals surface area (Å²) in [6.07, 6.45) is 1.91. The number of fused-ring (bicyclic) bond motifs is 10. The van der Waals surface area contributed by atoms with Gasteiger partial charge in [0, 0.05) is 27.7 Å².